The number of piperidine rings is 1. The fourth-order valence-electron chi connectivity index (χ4n) is 3.33. The van der Waals surface area contributed by atoms with Crippen LogP contribution < -0.4 is 10.1 Å². The Morgan fingerprint density at radius 3 is 2.39 bits per heavy atom. The van der Waals surface area contributed by atoms with Crippen LogP contribution in [-0.4, -0.2) is 18.7 Å². The molecule has 1 N–H and O–H groups in total. The Bertz CT molecular complexity index is 720. The molecule has 2 aliphatic heterocycles. The van der Waals surface area contributed by atoms with Gasteiger partial charge >= 0.3 is 0 Å². The summed E-state index contributed by atoms with van der Waals surface area (Å²) in [6.07, 6.45) is 4.38. The molecule has 23 heavy (non-hydrogen) atoms. The minimum atomic E-state index is -0.165. The van der Waals surface area contributed by atoms with Gasteiger partial charge in [0, 0.05) is 22.9 Å². The molecule has 120 valence electrons. The van der Waals surface area contributed by atoms with Crippen LogP contribution in [0, 0.1) is 0 Å². The maximum Gasteiger partial charge on any atom is 0.130 e. The Kier molecular flexibility index (Phi) is 4.81. The summed E-state index contributed by atoms with van der Waals surface area (Å²) in [6, 6.07) is 16.9. The van der Waals surface area contributed by atoms with E-state index in [1.165, 1.54) is 16.7 Å². The highest BCUT2D eigenvalue weighted by atomic mass is 79.9. The van der Waals surface area contributed by atoms with Crippen LogP contribution in [0.3, 0.4) is 0 Å². The van der Waals surface area contributed by atoms with Gasteiger partial charge in [0.15, 0.2) is 0 Å². The van der Waals surface area contributed by atoms with Gasteiger partial charge in [0.1, 0.15) is 11.4 Å². The minimum absolute atomic E-state index is 0. The summed E-state index contributed by atoms with van der Waals surface area (Å²) in [4.78, 5) is 0. The smallest absolute Gasteiger partial charge is 0.130 e. The lowest BCUT2D eigenvalue weighted by Crippen LogP contribution is -2.46. The number of rotatable bonds is 1. The van der Waals surface area contributed by atoms with Gasteiger partial charge in [-0.3, -0.25) is 0 Å². The number of hydrogen-bond acceptors (Lipinski definition) is 2. The van der Waals surface area contributed by atoms with Gasteiger partial charge in [-0.25, -0.2) is 0 Å². The van der Waals surface area contributed by atoms with Crippen molar-refractivity contribution in [2.75, 3.05) is 13.1 Å². The molecule has 1 fully saturated rings. The maximum atomic E-state index is 6.41. The van der Waals surface area contributed by atoms with E-state index in [4.69, 9.17) is 4.74 Å². The lowest BCUT2D eigenvalue weighted by Gasteiger charge is -2.40. The second-order valence-electron chi connectivity index (χ2n) is 5.98. The summed E-state index contributed by atoms with van der Waals surface area (Å²) in [5, 5.41) is 3.43. The van der Waals surface area contributed by atoms with Crippen molar-refractivity contribution in [2.45, 2.75) is 18.4 Å². The van der Waals surface area contributed by atoms with E-state index >= 15 is 0 Å². The van der Waals surface area contributed by atoms with E-state index in [9.17, 15) is 0 Å². The van der Waals surface area contributed by atoms with Gasteiger partial charge < -0.3 is 10.1 Å². The molecule has 4 heteroatoms. The number of halogens is 2. The molecule has 0 aliphatic carbocycles. The molecule has 0 unspecified atom stereocenters. The minimum Gasteiger partial charge on any atom is -0.482 e. The molecule has 4 rings (SSSR count). The first kappa shape index (κ1) is 16.6. The molecule has 0 atom stereocenters. The first-order valence-corrected chi connectivity index (χ1v) is 8.53. The molecule has 1 spiro atoms. The summed E-state index contributed by atoms with van der Waals surface area (Å²) in [5.74, 6) is 1.00. The molecule has 0 aromatic heterocycles. The Balaban J connectivity index is 0.00000156. The van der Waals surface area contributed by atoms with Gasteiger partial charge in [-0.05, 0) is 48.5 Å². The fourth-order valence-corrected chi connectivity index (χ4v) is 3.60. The highest BCUT2D eigenvalue weighted by Crippen LogP contribution is 2.42. The summed E-state index contributed by atoms with van der Waals surface area (Å²) < 4.78 is 7.52. The molecule has 0 saturated carbocycles. The molecule has 2 aromatic carbocycles. The largest absolute Gasteiger partial charge is 0.482 e. The Labute approximate surface area is 151 Å². The van der Waals surface area contributed by atoms with Crippen molar-refractivity contribution in [3.63, 3.8) is 0 Å². The van der Waals surface area contributed by atoms with E-state index < -0.39 is 0 Å². The Hall–Kier alpha value is -1.29. The van der Waals surface area contributed by atoms with Crippen molar-refractivity contribution in [1.29, 1.82) is 0 Å². The van der Waals surface area contributed by atoms with Gasteiger partial charge in [0.25, 0.3) is 0 Å². The lowest BCUT2D eigenvalue weighted by molar-refractivity contribution is 0.0817. The predicted molar refractivity (Wildman–Crippen MR) is 100 cm³/mol. The number of fused-ring (bicyclic) bond motifs is 1. The molecular weight excluding hydrogens is 374 g/mol. The molecule has 2 aromatic rings. The van der Waals surface area contributed by atoms with E-state index in [0.717, 1.165) is 36.2 Å². The highest BCUT2D eigenvalue weighted by Gasteiger charge is 2.36. The van der Waals surface area contributed by atoms with Crippen LogP contribution in [0.4, 0.5) is 0 Å². The Morgan fingerprint density at radius 1 is 0.957 bits per heavy atom. The van der Waals surface area contributed by atoms with E-state index in [1.807, 2.05) is 0 Å². The van der Waals surface area contributed by atoms with Crippen LogP contribution >= 0.6 is 28.3 Å². The van der Waals surface area contributed by atoms with Crippen LogP contribution in [0.5, 0.6) is 5.75 Å². The first-order chi connectivity index (χ1) is 10.8. The van der Waals surface area contributed by atoms with Gasteiger partial charge in [-0.15, -0.1) is 12.4 Å². The number of ether oxygens (including phenoxy) is 1. The second kappa shape index (κ2) is 6.68. The van der Waals surface area contributed by atoms with E-state index in [1.54, 1.807) is 0 Å². The van der Waals surface area contributed by atoms with Crippen LogP contribution in [0.15, 0.2) is 59.1 Å². The molecule has 2 aliphatic rings. The quantitative estimate of drug-likeness (QED) is 0.751. The van der Waals surface area contributed by atoms with E-state index in [2.05, 4.69) is 75.9 Å². The Morgan fingerprint density at radius 2 is 1.65 bits per heavy atom. The third kappa shape index (κ3) is 3.18. The average molecular weight is 393 g/mol. The van der Waals surface area contributed by atoms with Gasteiger partial charge in [0.2, 0.25) is 0 Å². The number of hydrogen-bond donors (Lipinski definition) is 1. The third-order valence-corrected chi connectivity index (χ3v) is 5.03. The second-order valence-corrected chi connectivity index (χ2v) is 6.89. The summed E-state index contributed by atoms with van der Waals surface area (Å²) in [7, 11) is 0. The fraction of sp³-hybridized carbons (Fsp3) is 0.263. The number of benzene rings is 2. The summed E-state index contributed by atoms with van der Waals surface area (Å²) in [6.45, 7) is 2.01. The SMILES string of the molecule is Brc1ccc(C2=CC3(CCNCC3)Oc3ccccc32)cc1.Cl. The summed E-state index contributed by atoms with van der Waals surface area (Å²) in [5.41, 5.74) is 3.56. The van der Waals surface area contributed by atoms with Gasteiger partial charge in [-0.1, -0.05) is 46.3 Å². The monoisotopic (exact) mass is 391 g/mol. The summed E-state index contributed by atoms with van der Waals surface area (Å²) >= 11 is 3.52. The zero-order chi connectivity index (χ0) is 15.0. The molecule has 0 bridgehead atoms. The number of para-hydroxylation sites is 1. The van der Waals surface area contributed by atoms with Crippen LogP contribution in [0.25, 0.3) is 5.57 Å². The lowest BCUT2D eigenvalue weighted by atomic mass is 9.83. The topological polar surface area (TPSA) is 21.3 Å². The van der Waals surface area contributed by atoms with Crippen LogP contribution in [0.1, 0.15) is 24.0 Å². The molecular formula is C19H19BrClNO. The highest BCUT2D eigenvalue weighted by molar-refractivity contribution is 9.10. The van der Waals surface area contributed by atoms with Crippen molar-refractivity contribution in [3.8, 4) is 5.75 Å². The standard InChI is InChI=1S/C19H18BrNO.ClH/c20-15-7-5-14(6-8-15)17-13-19(9-11-21-12-10-19)22-18-4-2-1-3-16(17)18;/h1-8,13,21H,9-12H2;1H. The van der Waals surface area contributed by atoms with E-state index in [0.29, 0.717) is 0 Å². The zero-order valence-corrected chi connectivity index (χ0v) is 15.1. The van der Waals surface area contributed by atoms with Crippen molar-refractivity contribution in [2.24, 2.45) is 0 Å². The molecule has 2 nitrogen and oxygen atoms in total. The van der Waals surface area contributed by atoms with Gasteiger partial charge in [0.05, 0.1) is 0 Å². The van der Waals surface area contributed by atoms with Crippen molar-refractivity contribution in [1.82, 2.24) is 5.32 Å². The van der Waals surface area contributed by atoms with Crippen LogP contribution in [0.2, 0.25) is 0 Å². The van der Waals surface area contributed by atoms with Crippen molar-refractivity contribution in [3.05, 3.63) is 70.2 Å². The molecule has 0 radical (unpaired) electrons. The third-order valence-electron chi connectivity index (χ3n) is 4.50. The van der Waals surface area contributed by atoms with E-state index in [-0.39, 0.29) is 18.0 Å². The zero-order valence-electron chi connectivity index (χ0n) is 12.7. The van der Waals surface area contributed by atoms with Crippen LogP contribution in [-0.2, 0) is 0 Å². The molecule has 1 saturated heterocycles. The first-order valence-electron chi connectivity index (χ1n) is 7.74. The van der Waals surface area contributed by atoms with Crippen molar-refractivity contribution < 1.29 is 4.74 Å². The maximum absolute atomic E-state index is 6.41. The van der Waals surface area contributed by atoms with Gasteiger partial charge in [-0.2, -0.15) is 0 Å². The van der Waals surface area contributed by atoms with Crippen molar-refractivity contribution >= 4 is 33.9 Å². The molecule has 0 amide bonds. The normalized spacial score (nSPS) is 18.4. The predicted octanol–water partition coefficient (Wildman–Crippen LogP) is 4.82. The average Bonchev–Trinajstić information content (AvgIpc) is 2.56. The number of nitrogens with one attached hydrogen (secondary N) is 1. The molecule has 2 heterocycles.